The second kappa shape index (κ2) is 10.8. The van der Waals surface area contributed by atoms with Crippen molar-refractivity contribution in [1.82, 2.24) is 19.7 Å². The van der Waals surface area contributed by atoms with Crippen molar-refractivity contribution in [3.8, 4) is 11.5 Å². The third-order valence-electron chi connectivity index (χ3n) is 5.43. The van der Waals surface area contributed by atoms with Gasteiger partial charge in [0.05, 0.1) is 25.4 Å². The number of ether oxygens (including phenoxy) is 2. The Morgan fingerprint density at radius 1 is 1.03 bits per heavy atom. The Morgan fingerprint density at radius 2 is 1.88 bits per heavy atom. The topological polar surface area (TPSA) is 86.5 Å². The van der Waals surface area contributed by atoms with Crippen molar-refractivity contribution in [1.29, 1.82) is 0 Å². The van der Waals surface area contributed by atoms with Crippen LogP contribution >= 0.6 is 0 Å². The maximum Gasteiger partial charge on any atom is 0.265 e. The SMILES string of the molecule is CCCCOc1ccc(/C=N/Nc2nnc3c4ccccc4n(CCCC)c3n2)cc1OC. The summed E-state index contributed by atoms with van der Waals surface area (Å²) < 4.78 is 13.5. The molecule has 172 valence electrons. The van der Waals surface area contributed by atoms with Crippen molar-refractivity contribution in [2.75, 3.05) is 19.1 Å². The molecule has 0 fully saturated rings. The van der Waals surface area contributed by atoms with Gasteiger partial charge in [-0.3, -0.25) is 0 Å². The molecule has 0 aliphatic heterocycles. The summed E-state index contributed by atoms with van der Waals surface area (Å²) in [5.41, 5.74) is 6.51. The molecule has 0 bridgehead atoms. The monoisotopic (exact) mass is 446 g/mol. The Hall–Kier alpha value is -3.68. The Morgan fingerprint density at radius 3 is 2.70 bits per heavy atom. The summed E-state index contributed by atoms with van der Waals surface area (Å²) in [6.45, 7) is 5.87. The predicted molar refractivity (Wildman–Crippen MR) is 132 cm³/mol. The van der Waals surface area contributed by atoms with E-state index >= 15 is 0 Å². The molecule has 0 unspecified atom stereocenters. The van der Waals surface area contributed by atoms with Crippen molar-refractivity contribution in [2.45, 2.75) is 46.1 Å². The number of aromatic nitrogens is 4. The van der Waals surface area contributed by atoms with E-state index in [0.29, 0.717) is 18.3 Å². The van der Waals surface area contributed by atoms with E-state index in [9.17, 15) is 0 Å². The molecular formula is C25H30N6O2. The molecule has 0 saturated carbocycles. The first-order chi connectivity index (χ1) is 16.2. The zero-order valence-corrected chi connectivity index (χ0v) is 19.4. The maximum absolute atomic E-state index is 5.79. The van der Waals surface area contributed by atoms with Crippen LogP contribution < -0.4 is 14.9 Å². The fourth-order valence-corrected chi connectivity index (χ4v) is 3.67. The van der Waals surface area contributed by atoms with Crippen molar-refractivity contribution >= 4 is 34.2 Å². The summed E-state index contributed by atoms with van der Waals surface area (Å²) in [5, 5.41) is 14.0. The van der Waals surface area contributed by atoms with Gasteiger partial charge in [-0.2, -0.15) is 10.1 Å². The minimum Gasteiger partial charge on any atom is -0.493 e. The molecule has 8 nitrogen and oxygen atoms in total. The Balaban J connectivity index is 1.54. The number of hydrogen-bond acceptors (Lipinski definition) is 7. The second-order valence-electron chi connectivity index (χ2n) is 7.81. The van der Waals surface area contributed by atoms with Gasteiger partial charge in [0.1, 0.15) is 5.52 Å². The number of nitrogens with zero attached hydrogens (tertiary/aromatic N) is 5. The fraction of sp³-hybridized carbons (Fsp3) is 0.360. The molecule has 8 heteroatoms. The third kappa shape index (κ3) is 5.05. The van der Waals surface area contributed by atoms with E-state index in [1.54, 1.807) is 13.3 Å². The van der Waals surface area contributed by atoms with Gasteiger partial charge in [-0.15, -0.1) is 10.2 Å². The number of unbranched alkanes of at least 4 members (excludes halogenated alkanes) is 2. The molecule has 4 aromatic rings. The van der Waals surface area contributed by atoms with E-state index in [0.717, 1.165) is 65.6 Å². The highest BCUT2D eigenvalue weighted by Gasteiger charge is 2.14. The molecular weight excluding hydrogens is 416 g/mol. The van der Waals surface area contributed by atoms with E-state index in [4.69, 9.17) is 14.5 Å². The van der Waals surface area contributed by atoms with E-state index in [1.807, 2.05) is 30.3 Å². The Kier molecular flexibility index (Phi) is 7.34. The highest BCUT2D eigenvalue weighted by atomic mass is 16.5. The molecule has 2 aromatic carbocycles. The number of hydrazone groups is 1. The number of methoxy groups -OCH3 is 1. The highest BCUT2D eigenvalue weighted by molar-refractivity contribution is 6.04. The molecule has 4 rings (SSSR count). The first kappa shape index (κ1) is 22.5. The zero-order chi connectivity index (χ0) is 23.0. The number of fused-ring (bicyclic) bond motifs is 3. The molecule has 0 saturated heterocycles. The van der Waals surface area contributed by atoms with Crippen LogP contribution in [0, 0.1) is 0 Å². The number of benzene rings is 2. The largest absolute Gasteiger partial charge is 0.493 e. The van der Waals surface area contributed by atoms with Crippen LogP contribution in [0.25, 0.3) is 22.1 Å². The minimum absolute atomic E-state index is 0.353. The van der Waals surface area contributed by atoms with Gasteiger partial charge in [0, 0.05) is 11.9 Å². The van der Waals surface area contributed by atoms with Crippen LogP contribution in [0.15, 0.2) is 47.6 Å². The van der Waals surface area contributed by atoms with Gasteiger partial charge in [0.2, 0.25) is 0 Å². The lowest BCUT2D eigenvalue weighted by molar-refractivity contribution is 0.288. The quantitative estimate of drug-likeness (QED) is 0.188. The molecule has 33 heavy (non-hydrogen) atoms. The smallest absolute Gasteiger partial charge is 0.265 e. The second-order valence-corrected chi connectivity index (χ2v) is 7.81. The van der Waals surface area contributed by atoms with Gasteiger partial charge in [-0.05, 0) is 42.7 Å². The van der Waals surface area contributed by atoms with Crippen molar-refractivity contribution < 1.29 is 9.47 Å². The maximum atomic E-state index is 5.79. The van der Waals surface area contributed by atoms with Crippen LogP contribution in [0.2, 0.25) is 0 Å². The van der Waals surface area contributed by atoms with E-state index in [2.05, 4.69) is 51.3 Å². The molecule has 0 aliphatic carbocycles. The van der Waals surface area contributed by atoms with Crippen molar-refractivity contribution in [3.63, 3.8) is 0 Å². The van der Waals surface area contributed by atoms with Gasteiger partial charge in [0.15, 0.2) is 17.1 Å². The molecule has 0 spiro atoms. The zero-order valence-electron chi connectivity index (χ0n) is 19.4. The minimum atomic E-state index is 0.353. The number of anilines is 1. The summed E-state index contributed by atoms with van der Waals surface area (Å²) in [6.07, 6.45) is 5.96. The molecule has 0 aliphatic rings. The molecule has 2 aromatic heterocycles. The van der Waals surface area contributed by atoms with Crippen LogP contribution in [0.1, 0.15) is 45.1 Å². The van der Waals surface area contributed by atoms with Gasteiger partial charge < -0.3 is 14.0 Å². The number of rotatable bonds is 11. The summed E-state index contributed by atoms with van der Waals surface area (Å²) in [5.74, 6) is 1.76. The van der Waals surface area contributed by atoms with Gasteiger partial charge in [-0.25, -0.2) is 5.43 Å². The first-order valence-corrected chi connectivity index (χ1v) is 11.5. The highest BCUT2D eigenvalue weighted by Crippen LogP contribution is 2.28. The third-order valence-corrected chi connectivity index (χ3v) is 5.43. The lowest BCUT2D eigenvalue weighted by Crippen LogP contribution is -2.03. The van der Waals surface area contributed by atoms with E-state index in [-0.39, 0.29) is 0 Å². The molecule has 0 amide bonds. The van der Waals surface area contributed by atoms with Crippen LogP contribution in [0.4, 0.5) is 5.95 Å². The molecule has 2 heterocycles. The average Bonchev–Trinajstić information content (AvgIpc) is 3.16. The van der Waals surface area contributed by atoms with Crippen LogP contribution in [0.5, 0.6) is 11.5 Å². The first-order valence-electron chi connectivity index (χ1n) is 11.5. The lowest BCUT2D eigenvalue weighted by atomic mass is 10.2. The predicted octanol–water partition coefficient (Wildman–Crippen LogP) is 5.41. The van der Waals surface area contributed by atoms with Crippen molar-refractivity contribution in [3.05, 3.63) is 48.0 Å². The van der Waals surface area contributed by atoms with Gasteiger partial charge >= 0.3 is 0 Å². The average molecular weight is 447 g/mol. The normalized spacial score (nSPS) is 11.5. The standard InChI is InChI=1S/C25H30N6O2/c1-4-6-14-31-20-11-9-8-10-19(20)23-24(31)27-25(30-28-23)29-26-17-18-12-13-21(22(16-18)32-3)33-15-7-5-2/h8-13,16-17H,4-7,14-15H2,1-3H3,(H,27,29,30)/b26-17+. The number of nitrogens with one attached hydrogen (secondary N) is 1. The fourth-order valence-electron chi connectivity index (χ4n) is 3.67. The number of aryl methyl sites for hydroxylation is 1. The van der Waals surface area contributed by atoms with Gasteiger partial charge in [-0.1, -0.05) is 44.9 Å². The Labute approximate surface area is 193 Å². The van der Waals surface area contributed by atoms with Crippen LogP contribution in [-0.4, -0.2) is 39.7 Å². The summed E-state index contributed by atoms with van der Waals surface area (Å²) in [7, 11) is 1.63. The molecule has 0 atom stereocenters. The lowest BCUT2D eigenvalue weighted by Gasteiger charge is -2.10. The summed E-state index contributed by atoms with van der Waals surface area (Å²) in [4.78, 5) is 4.71. The molecule has 0 radical (unpaired) electrons. The van der Waals surface area contributed by atoms with Crippen LogP contribution in [0.3, 0.4) is 0 Å². The number of para-hydroxylation sites is 1. The Bertz CT molecular complexity index is 1250. The van der Waals surface area contributed by atoms with Gasteiger partial charge in [0.25, 0.3) is 5.95 Å². The van der Waals surface area contributed by atoms with E-state index in [1.165, 1.54) is 0 Å². The van der Waals surface area contributed by atoms with E-state index < -0.39 is 0 Å². The number of hydrogen-bond donors (Lipinski definition) is 1. The van der Waals surface area contributed by atoms with Crippen molar-refractivity contribution in [2.24, 2.45) is 5.10 Å². The summed E-state index contributed by atoms with van der Waals surface area (Å²) in [6, 6.07) is 13.9. The van der Waals surface area contributed by atoms with Crippen LogP contribution in [-0.2, 0) is 6.54 Å². The molecule has 1 N–H and O–H groups in total. The summed E-state index contributed by atoms with van der Waals surface area (Å²) >= 11 is 0.